The number of benzene rings is 3. The van der Waals surface area contributed by atoms with Crippen molar-refractivity contribution in [2.45, 2.75) is 32.2 Å². The minimum Gasteiger partial charge on any atom is -0.507 e. The number of unbranched alkanes of at least 4 members (excludes halogenated alkanes) is 2. The monoisotopic (exact) mass is 519 g/mol. The summed E-state index contributed by atoms with van der Waals surface area (Å²) in [5.74, 6) is -0.894. The molecule has 1 unspecified atom stereocenters. The predicted molar refractivity (Wildman–Crippen MR) is 137 cm³/mol. The number of anilines is 1. The fraction of sp³-hybridized carbons (Fsp3) is 0.214. The minimum absolute atomic E-state index is 0.0655. The molecule has 6 heteroatoms. The molecular formula is C28H26BrNO4. The predicted octanol–water partition coefficient (Wildman–Crippen LogP) is 6.64. The fourth-order valence-corrected chi connectivity index (χ4v) is 4.32. The number of hydrogen-bond donors (Lipinski definition) is 1. The first-order valence-corrected chi connectivity index (χ1v) is 12.1. The molecule has 1 atom stereocenters. The third kappa shape index (κ3) is 4.92. The van der Waals surface area contributed by atoms with Crippen molar-refractivity contribution < 1.29 is 19.4 Å². The van der Waals surface area contributed by atoms with Crippen LogP contribution in [-0.2, 0) is 9.59 Å². The van der Waals surface area contributed by atoms with E-state index in [1.165, 1.54) is 4.90 Å². The summed E-state index contributed by atoms with van der Waals surface area (Å²) in [5.41, 5.74) is 1.84. The van der Waals surface area contributed by atoms with Crippen molar-refractivity contribution in [1.29, 1.82) is 0 Å². The summed E-state index contributed by atoms with van der Waals surface area (Å²) >= 11 is 3.41. The van der Waals surface area contributed by atoms with Gasteiger partial charge in [0.05, 0.1) is 18.2 Å². The summed E-state index contributed by atoms with van der Waals surface area (Å²) in [7, 11) is 0. The molecule has 1 saturated heterocycles. The van der Waals surface area contributed by atoms with Crippen LogP contribution in [0, 0.1) is 0 Å². The van der Waals surface area contributed by atoms with Crippen molar-refractivity contribution in [2.75, 3.05) is 11.5 Å². The first kappa shape index (κ1) is 23.8. The maximum atomic E-state index is 13.2. The Morgan fingerprint density at radius 2 is 1.62 bits per heavy atom. The van der Waals surface area contributed by atoms with Crippen molar-refractivity contribution in [1.82, 2.24) is 0 Å². The second-order valence-electron chi connectivity index (χ2n) is 8.14. The van der Waals surface area contributed by atoms with Crippen molar-refractivity contribution in [2.24, 2.45) is 0 Å². The Kier molecular flexibility index (Phi) is 7.48. The third-order valence-electron chi connectivity index (χ3n) is 5.81. The number of nitrogens with zero attached hydrogens (tertiary/aromatic N) is 1. The van der Waals surface area contributed by atoms with E-state index in [1.54, 1.807) is 36.4 Å². The first-order valence-electron chi connectivity index (χ1n) is 11.4. The number of carbonyl (C=O) groups excluding carboxylic acids is 2. The number of aliphatic hydroxyl groups excluding tert-OH is 1. The van der Waals surface area contributed by atoms with Crippen molar-refractivity contribution >= 4 is 39.1 Å². The van der Waals surface area contributed by atoms with Gasteiger partial charge in [-0.15, -0.1) is 0 Å². The van der Waals surface area contributed by atoms with Crippen LogP contribution in [0.4, 0.5) is 5.69 Å². The third-order valence-corrected chi connectivity index (χ3v) is 6.34. The fourth-order valence-electron chi connectivity index (χ4n) is 4.06. The lowest BCUT2D eigenvalue weighted by atomic mass is 9.95. The van der Waals surface area contributed by atoms with Crippen LogP contribution in [0.1, 0.15) is 43.4 Å². The molecule has 3 aromatic rings. The van der Waals surface area contributed by atoms with Crippen LogP contribution in [0.5, 0.6) is 5.75 Å². The summed E-state index contributed by atoms with van der Waals surface area (Å²) in [5, 5.41) is 11.2. The van der Waals surface area contributed by atoms with Gasteiger partial charge < -0.3 is 9.84 Å². The van der Waals surface area contributed by atoms with E-state index in [1.807, 2.05) is 42.5 Å². The van der Waals surface area contributed by atoms with Crippen LogP contribution in [0.25, 0.3) is 5.76 Å². The molecule has 0 spiro atoms. The van der Waals surface area contributed by atoms with Gasteiger partial charge in [0.1, 0.15) is 11.5 Å². The second-order valence-corrected chi connectivity index (χ2v) is 9.05. The molecular weight excluding hydrogens is 494 g/mol. The Labute approximate surface area is 207 Å². The van der Waals surface area contributed by atoms with E-state index in [4.69, 9.17) is 4.74 Å². The molecule has 1 fully saturated rings. The van der Waals surface area contributed by atoms with Crippen molar-refractivity contribution in [3.05, 3.63) is 100 Å². The van der Waals surface area contributed by atoms with E-state index < -0.39 is 17.7 Å². The van der Waals surface area contributed by atoms with Gasteiger partial charge in [-0.2, -0.15) is 0 Å². The van der Waals surface area contributed by atoms with Gasteiger partial charge in [-0.05, 0) is 60.5 Å². The molecule has 1 N–H and O–H groups in total. The molecule has 1 aliphatic rings. The van der Waals surface area contributed by atoms with Gasteiger partial charge in [-0.3, -0.25) is 14.5 Å². The highest BCUT2D eigenvalue weighted by Gasteiger charge is 2.46. The largest absolute Gasteiger partial charge is 0.507 e. The number of carbonyl (C=O) groups is 2. The van der Waals surface area contributed by atoms with Crippen LogP contribution in [0.3, 0.4) is 0 Å². The first-order chi connectivity index (χ1) is 16.5. The molecule has 5 nitrogen and oxygen atoms in total. The highest BCUT2D eigenvalue weighted by atomic mass is 79.9. The number of hydrogen-bond acceptors (Lipinski definition) is 4. The second kappa shape index (κ2) is 10.7. The zero-order chi connectivity index (χ0) is 24.1. The summed E-state index contributed by atoms with van der Waals surface area (Å²) < 4.78 is 6.61. The van der Waals surface area contributed by atoms with E-state index >= 15 is 0 Å². The highest BCUT2D eigenvalue weighted by Crippen LogP contribution is 2.42. The number of ether oxygens (including phenoxy) is 1. The average Bonchev–Trinajstić information content (AvgIpc) is 3.13. The quantitative estimate of drug-likeness (QED) is 0.156. The Bertz CT molecular complexity index is 1190. The Morgan fingerprint density at radius 3 is 2.26 bits per heavy atom. The lowest BCUT2D eigenvalue weighted by Gasteiger charge is -2.25. The van der Waals surface area contributed by atoms with Crippen molar-refractivity contribution in [3.63, 3.8) is 0 Å². The lowest BCUT2D eigenvalue weighted by Crippen LogP contribution is -2.29. The lowest BCUT2D eigenvalue weighted by molar-refractivity contribution is -0.132. The smallest absolute Gasteiger partial charge is 0.300 e. The van der Waals surface area contributed by atoms with Crippen LogP contribution < -0.4 is 9.64 Å². The number of Topliss-reactive ketones (excluding diaryl/α,β-unsaturated/α-hetero) is 1. The summed E-state index contributed by atoms with van der Waals surface area (Å²) in [6.45, 7) is 2.77. The maximum Gasteiger partial charge on any atom is 0.300 e. The van der Waals surface area contributed by atoms with E-state index in [9.17, 15) is 14.7 Å². The zero-order valence-electron chi connectivity index (χ0n) is 18.9. The molecule has 174 valence electrons. The van der Waals surface area contributed by atoms with E-state index in [2.05, 4.69) is 22.9 Å². The number of rotatable bonds is 8. The van der Waals surface area contributed by atoms with Crippen LogP contribution in [-0.4, -0.2) is 23.4 Å². The Hall–Kier alpha value is -3.38. The Morgan fingerprint density at radius 1 is 0.941 bits per heavy atom. The molecule has 1 heterocycles. The molecule has 1 aliphatic heterocycles. The van der Waals surface area contributed by atoms with Gasteiger partial charge in [-0.1, -0.05) is 66.0 Å². The Balaban J connectivity index is 1.73. The van der Waals surface area contributed by atoms with Crippen LogP contribution >= 0.6 is 15.9 Å². The summed E-state index contributed by atoms with van der Waals surface area (Å²) in [6.07, 6.45) is 3.21. The van der Waals surface area contributed by atoms with Gasteiger partial charge in [0, 0.05) is 15.7 Å². The van der Waals surface area contributed by atoms with Crippen LogP contribution in [0.2, 0.25) is 0 Å². The number of ketones is 1. The maximum absolute atomic E-state index is 13.2. The van der Waals surface area contributed by atoms with Crippen LogP contribution in [0.15, 0.2) is 88.9 Å². The van der Waals surface area contributed by atoms with E-state index in [0.717, 1.165) is 29.3 Å². The van der Waals surface area contributed by atoms with Gasteiger partial charge >= 0.3 is 0 Å². The molecule has 0 bridgehead atoms. The zero-order valence-corrected chi connectivity index (χ0v) is 20.5. The summed E-state index contributed by atoms with van der Waals surface area (Å²) in [4.78, 5) is 27.8. The minimum atomic E-state index is -0.743. The molecule has 0 aromatic heterocycles. The average molecular weight is 520 g/mol. The number of halogens is 1. The van der Waals surface area contributed by atoms with Gasteiger partial charge in [0.2, 0.25) is 0 Å². The topological polar surface area (TPSA) is 66.8 Å². The molecule has 0 aliphatic carbocycles. The van der Waals surface area contributed by atoms with Gasteiger partial charge in [0.25, 0.3) is 11.7 Å². The number of amides is 1. The normalized spacial score (nSPS) is 17.2. The molecule has 1 amide bonds. The van der Waals surface area contributed by atoms with Crippen molar-refractivity contribution in [3.8, 4) is 5.75 Å². The number of aliphatic hydroxyl groups is 1. The standard InChI is InChI=1S/C28H26BrNO4/c1-2-3-7-18-34-23-16-10-20(11-17-23)26(31)24-25(19-8-5-4-6-9-19)30(28(33)27(24)32)22-14-12-21(29)13-15-22/h4-6,8-17,25,31H,2-3,7,18H2,1H3/b26-24+. The molecule has 0 radical (unpaired) electrons. The molecule has 4 rings (SSSR count). The highest BCUT2D eigenvalue weighted by molar-refractivity contribution is 9.10. The SMILES string of the molecule is CCCCCOc1ccc(/C(O)=C2\C(=O)C(=O)N(c3ccc(Br)cc3)C2c2ccccc2)cc1. The summed E-state index contributed by atoms with van der Waals surface area (Å²) in [6, 6.07) is 22.7. The molecule has 3 aromatic carbocycles. The van der Waals surface area contributed by atoms with Gasteiger partial charge in [-0.25, -0.2) is 0 Å². The van der Waals surface area contributed by atoms with Gasteiger partial charge in [0.15, 0.2) is 0 Å². The molecule has 0 saturated carbocycles. The van der Waals surface area contributed by atoms with E-state index in [-0.39, 0.29) is 11.3 Å². The van der Waals surface area contributed by atoms with E-state index in [0.29, 0.717) is 23.6 Å². The molecule has 34 heavy (non-hydrogen) atoms.